The second-order valence-electron chi connectivity index (χ2n) is 3.17. The zero-order valence-corrected chi connectivity index (χ0v) is 8.78. The number of carboxylic acids is 1. The molecule has 4 nitrogen and oxygen atoms in total. The van der Waals surface area contributed by atoms with Crippen LogP contribution in [0.25, 0.3) is 0 Å². The average molecular weight is 202 g/mol. The van der Waals surface area contributed by atoms with Crippen LogP contribution in [0.3, 0.4) is 0 Å². The number of esters is 1. The van der Waals surface area contributed by atoms with Gasteiger partial charge in [-0.2, -0.15) is 0 Å². The van der Waals surface area contributed by atoms with Crippen LogP contribution in [0.15, 0.2) is 0 Å². The third-order valence-corrected chi connectivity index (χ3v) is 1.66. The molecular weight excluding hydrogens is 184 g/mol. The van der Waals surface area contributed by atoms with Crippen LogP contribution >= 0.6 is 0 Å². The molecule has 0 atom stereocenters. The number of ether oxygens (including phenoxy) is 1. The third-order valence-electron chi connectivity index (χ3n) is 1.66. The largest absolute Gasteiger partial charge is 0.481 e. The highest BCUT2D eigenvalue weighted by atomic mass is 16.5. The highest BCUT2D eigenvalue weighted by molar-refractivity contribution is 5.74. The summed E-state index contributed by atoms with van der Waals surface area (Å²) in [4.78, 5) is 20.2. The van der Waals surface area contributed by atoms with Crippen LogP contribution in [-0.2, 0) is 14.3 Å². The Kier molecular flexibility index (Phi) is 6.80. The Morgan fingerprint density at radius 2 is 1.93 bits per heavy atom. The molecule has 0 aromatic carbocycles. The van der Waals surface area contributed by atoms with E-state index in [1.807, 2.05) is 13.8 Å². The number of carbonyl (C=O) groups is 2. The molecule has 0 bridgehead atoms. The minimum Gasteiger partial charge on any atom is -0.481 e. The van der Waals surface area contributed by atoms with Gasteiger partial charge in [0.25, 0.3) is 0 Å². The molecule has 4 heteroatoms. The van der Waals surface area contributed by atoms with Crippen molar-refractivity contribution in [3.8, 4) is 0 Å². The first-order valence-electron chi connectivity index (χ1n) is 5.00. The first-order chi connectivity index (χ1) is 6.61. The summed E-state index contributed by atoms with van der Waals surface area (Å²) in [7, 11) is 0. The number of hydrogen-bond acceptors (Lipinski definition) is 3. The van der Waals surface area contributed by atoms with Gasteiger partial charge in [0, 0.05) is 6.42 Å². The zero-order valence-electron chi connectivity index (χ0n) is 8.78. The van der Waals surface area contributed by atoms with Gasteiger partial charge in [-0.25, -0.2) is 0 Å². The fraction of sp³-hybridized carbons (Fsp3) is 0.800. The van der Waals surface area contributed by atoms with Crippen LogP contribution in [0.4, 0.5) is 0 Å². The molecule has 0 aromatic rings. The fourth-order valence-electron chi connectivity index (χ4n) is 0.793. The normalized spacial score (nSPS) is 13.9. The van der Waals surface area contributed by atoms with Crippen molar-refractivity contribution in [2.45, 2.75) is 39.5 Å². The molecule has 0 spiro atoms. The molecule has 0 radical (unpaired) electrons. The Morgan fingerprint density at radius 3 is 2.14 bits per heavy atom. The van der Waals surface area contributed by atoms with Crippen molar-refractivity contribution < 1.29 is 19.4 Å². The zero-order chi connectivity index (χ0) is 11.0. The first-order valence-corrected chi connectivity index (χ1v) is 5.00. The van der Waals surface area contributed by atoms with E-state index in [4.69, 9.17) is 9.84 Å². The maximum atomic E-state index is 10.6. The summed E-state index contributed by atoms with van der Waals surface area (Å²) in [5.74, 6) is -0.458. The lowest BCUT2D eigenvalue weighted by Gasteiger charge is -1.95. The lowest BCUT2D eigenvalue weighted by atomic mass is 10.4. The van der Waals surface area contributed by atoms with Gasteiger partial charge >= 0.3 is 11.9 Å². The first kappa shape index (κ1) is 12.9. The van der Waals surface area contributed by atoms with E-state index in [0.29, 0.717) is 13.0 Å². The minimum atomic E-state index is -0.711. The monoisotopic (exact) mass is 202 g/mol. The van der Waals surface area contributed by atoms with Crippen LogP contribution in [0.1, 0.15) is 39.5 Å². The van der Waals surface area contributed by atoms with Gasteiger partial charge in [0.05, 0.1) is 12.5 Å². The predicted molar refractivity (Wildman–Crippen MR) is 51.9 cm³/mol. The van der Waals surface area contributed by atoms with Gasteiger partial charge in [0.1, 0.15) is 0 Å². The lowest BCUT2D eigenvalue weighted by molar-refractivity contribution is -0.144. The van der Waals surface area contributed by atoms with Crippen molar-refractivity contribution in [1.29, 1.82) is 0 Å². The smallest absolute Gasteiger partial charge is 0.308 e. The van der Waals surface area contributed by atoms with Crippen molar-refractivity contribution >= 4 is 11.9 Å². The van der Waals surface area contributed by atoms with Crippen LogP contribution in [0, 0.1) is 5.92 Å². The van der Waals surface area contributed by atoms with Crippen LogP contribution in [-0.4, -0.2) is 23.7 Å². The van der Waals surface area contributed by atoms with Crippen molar-refractivity contribution in [3.05, 3.63) is 0 Å². The van der Waals surface area contributed by atoms with Crippen molar-refractivity contribution in [3.63, 3.8) is 0 Å². The summed E-state index contributed by atoms with van der Waals surface area (Å²) in [6.45, 7) is 4.20. The van der Waals surface area contributed by atoms with E-state index in [2.05, 4.69) is 0 Å². The molecule has 0 amide bonds. The van der Waals surface area contributed by atoms with E-state index in [0.717, 1.165) is 19.3 Å². The SMILES string of the molecule is CCCC(=O)O.CCOC(=O)C1CC1. The van der Waals surface area contributed by atoms with Gasteiger partial charge in [-0.05, 0) is 26.2 Å². The van der Waals surface area contributed by atoms with Crippen LogP contribution in [0.5, 0.6) is 0 Å². The molecule has 1 N–H and O–H groups in total. The highest BCUT2D eigenvalue weighted by Gasteiger charge is 2.30. The minimum absolute atomic E-state index is 0.00694. The summed E-state index contributed by atoms with van der Waals surface area (Å²) in [5.41, 5.74) is 0. The Labute approximate surface area is 84.3 Å². The Hall–Kier alpha value is -1.06. The van der Waals surface area contributed by atoms with E-state index in [1.165, 1.54) is 0 Å². The topological polar surface area (TPSA) is 63.6 Å². The molecule has 1 aliphatic carbocycles. The Bertz CT molecular complexity index is 185. The maximum absolute atomic E-state index is 10.6. The fourth-order valence-corrected chi connectivity index (χ4v) is 0.793. The molecule has 0 aliphatic heterocycles. The summed E-state index contributed by atoms with van der Waals surface area (Å²) in [6, 6.07) is 0. The summed E-state index contributed by atoms with van der Waals surface area (Å²) < 4.78 is 4.73. The molecule has 82 valence electrons. The van der Waals surface area contributed by atoms with Gasteiger partial charge < -0.3 is 9.84 Å². The second-order valence-corrected chi connectivity index (χ2v) is 3.17. The van der Waals surface area contributed by atoms with Gasteiger partial charge in [-0.3, -0.25) is 9.59 Å². The summed E-state index contributed by atoms with van der Waals surface area (Å²) in [5, 5.41) is 7.91. The van der Waals surface area contributed by atoms with Gasteiger partial charge in [-0.1, -0.05) is 6.92 Å². The molecular formula is C10H18O4. The summed E-state index contributed by atoms with van der Waals surface area (Å²) >= 11 is 0. The summed E-state index contributed by atoms with van der Waals surface area (Å²) in [6.07, 6.45) is 3.10. The van der Waals surface area contributed by atoms with E-state index >= 15 is 0 Å². The van der Waals surface area contributed by atoms with Gasteiger partial charge in [0.2, 0.25) is 0 Å². The van der Waals surface area contributed by atoms with Crippen molar-refractivity contribution in [1.82, 2.24) is 0 Å². The predicted octanol–water partition coefficient (Wildman–Crippen LogP) is 1.83. The number of rotatable bonds is 4. The Morgan fingerprint density at radius 1 is 1.36 bits per heavy atom. The van der Waals surface area contributed by atoms with Gasteiger partial charge in [-0.15, -0.1) is 0 Å². The van der Waals surface area contributed by atoms with Gasteiger partial charge in [0.15, 0.2) is 0 Å². The van der Waals surface area contributed by atoms with Crippen molar-refractivity contribution in [2.75, 3.05) is 6.61 Å². The molecule has 1 saturated carbocycles. The molecule has 1 rings (SSSR count). The standard InChI is InChI=1S/C6H10O2.C4H8O2/c1-2-8-6(7)5-3-4-5;1-2-3-4(5)6/h5H,2-4H2,1H3;2-3H2,1H3,(H,5,6). The van der Waals surface area contributed by atoms with E-state index in [-0.39, 0.29) is 11.9 Å². The Balaban J connectivity index is 0.000000255. The molecule has 0 unspecified atom stereocenters. The molecule has 14 heavy (non-hydrogen) atoms. The molecule has 0 aromatic heterocycles. The molecule has 1 fully saturated rings. The second kappa shape index (κ2) is 7.35. The van der Waals surface area contributed by atoms with Crippen molar-refractivity contribution in [2.24, 2.45) is 5.92 Å². The van der Waals surface area contributed by atoms with E-state index < -0.39 is 5.97 Å². The lowest BCUT2D eigenvalue weighted by Crippen LogP contribution is -2.04. The number of aliphatic carboxylic acids is 1. The molecule has 0 saturated heterocycles. The molecule has 1 aliphatic rings. The number of carboxylic acid groups (broad SMARTS) is 1. The number of hydrogen-bond donors (Lipinski definition) is 1. The average Bonchev–Trinajstić information content (AvgIpc) is 2.87. The highest BCUT2D eigenvalue weighted by Crippen LogP contribution is 2.29. The third kappa shape index (κ3) is 7.58. The van der Waals surface area contributed by atoms with E-state index in [9.17, 15) is 9.59 Å². The van der Waals surface area contributed by atoms with Crippen LogP contribution < -0.4 is 0 Å². The van der Waals surface area contributed by atoms with Crippen LogP contribution in [0.2, 0.25) is 0 Å². The maximum Gasteiger partial charge on any atom is 0.308 e. The molecule has 0 heterocycles. The number of carbonyl (C=O) groups excluding carboxylic acids is 1. The quantitative estimate of drug-likeness (QED) is 0.706. The van der Waals surface area contributed by atoms with E-state index in [1.54, 1.807) is 0 Å².